The molecule has 0 bridgehead atoms. The van der Waals surface area contributed by atoms with E-state index in [0.29, 0.717) is 6.04 Å². The lowest BCUT2D eigenvalue weighted by Gasteiger charge is -2.22. The monoisotopic (exact) mass is 501 g/mol. The molecular weight excluding hydrogens is 458 g/mol. The number of hydrogen-bond donors (Lipinski definition) is 1. The lowest BCUT2D eigenvalue weighted by Crippen LogP contribution is -2.23. The summed E-state index contributed by atoms with van der Waals surface area (Å²) >= 11 is 0. The van der Waals surface area contributed by atoms with Gasteiger partial charge in [0, 0.05) is 37.8 Å². The molecule has 3 aromatic heterocycles. The molecule has 6 heteroatoms. The average molecular weight is 502 g/mol. The van der Waals surface area contributed by atoms with Crippen molar-refractivity contribution < 1.29 is 6.22 Å². The van der Waals surface area contributed by atoms with Gasteiger partial charge in [0.1, 0.15) is 0 Å². The van der Waals surface area contributed by atoms with E-state index in [-0.39, 0.29) is 13.1 Å². The first-order valence-electron chi connectivity index (χ1n) is 14.6. The molecule has 3 aliphatic rings. The summed E-state index contributed by atoms with van der Waals surface area (Å²) in [5.41, 5.74) is 6.08. The van der Waals surface area contributed by atoms with Crippen LogP contribution in [0.4, 0.5) is 5.95 Å². The summed E-state index contributed by atoms with van der Waals surface area (Å²) in [5, 5.41) is 8.05. The minimum atomic E-state index is 0. The van der Waals surface area contributed by atoms with Gasteiger partial charge in [0.15, 0.2) is 5.78 Å². The second kappa shape index (κ2) is 12.0. The summed E-state index contributed by atoms with van der Waals surface area (Å²) in [4.78, 5) is 23.0. The minimum Gasteiger partial charge on any atom is -0.351 e. The molecule has 0 spiro atoms. The highest BCUT2D eigenvalue weighted by atomic mass is 16.1. The van der Waals surface area contributed by atoms with Crippen molar-refractivity contribution in [1.82, 2.24) is 19.6 Å². The van der Waals surface area contributed by atoms with E-state index in [4.69, 9.17) is 4.98 Å². The van der Waals surface area contributed by atoms with E-state index in [1.54, 1.807) is 6.20 Å². The maximum Gasteiger partial charge on any atom is 0.223 e. The van der Waals surface area contributed by atoms with E-state index >= 15 is 0 Å². The van der Waals surface area contributed by atoms with Crippen molar-refractivity contribution in [3.8, 4) is 0 Å². The van der Waals surface area contributed by atoms with Crippen LogP contribution in [0.15, 0.2) is 36.8 Å². The quantitative estimate of drug-likeness (QED) is 0.363. The molecular formula is C31H43N5O. The number of nitrogens with one attached hydrogen (secondary N) is 1. The van der Waals surface area contributed by atoms with Crippen molar-refractivity contribution in [2.75, 3.05) is 5.32 Å². The first-order valence-corrected chi connectivity index (χ1v) is 14.6. The molecule has 3 aliphatic carbocycles. The molecule has 37 heavy (non-hydrogen) atoms. The number of fused-ring (bicyclic) bond motifs is 2. The molecule has 6 rings (SSSR count). The Hall–Kier alpha value is -3.02. The van der Waals surface area contributed by atoms with Crippen LogP contribution in [0, 0.1) is 5.92 Å². The van der Waals surface area contributed by atoms with Crippen LogP contribution in [0.1, 0.15) is 120 Å². The number of aromatic nitrogens is 4. The van der Waals surface area contributed by atoms with Crippen molar-refractivity contribution in [1.29, 1.82) is 0 Å². The maximum absolute atomic E-state index is 13.5. The van der Waals surface area contributed by atoms with Crippen LogP contribution in [0.5, 0.6) is 0 Å². The first-order chi connectivity index (χ1) is 18.3. The zero-order valence-corrected chi connectivity index (χ0v) is 22.5. The van der Waals surface area contributed by atoms with Gasteiger partial charge in [0.25, 0.3) is 0 Å². The van der Waals surface area contributed by atoms with E-state index in [9.17, 15) is 4.79 Å². The van der Waals surface area contributed by atoms with Crippen molar-refractivity contribution >= 4 is 22.8 Å². The Morgan fingerprint density at radius 1 is 0.973 bits per heavy atom. The molecule has 0 radical (unpaired) electrons. The molecule has 0 amide bonds. The summed E-state index contributed by atoms with van der Waals surface area (Å²) in [6.45, 7) is 4.00. The number of anilines is 1. The minimum absolute atomic E-state index is 0. The van der Waals surface area contributed by atoms with E-state index in [1.807, 2.05) is 30.8 Å². The molecule has 0 unspecified atom stereocenters. The van der Waals surface area contributed by atoms with Crippen LogP contribution < -0.4 is 5.32 Å². The van der Waals surface area contributed by atoms with E-state index in [1.165, 1.54) is 51.4 Å². The molecule has 2 fully saturated rings. The average Bonchev–Trinajstić information content (AvgIpc) is 3.53. The predicted octanol–water partition coefficient (Wildman–Crippen LogP) is 7.67. The van der Waals surface area contributed by atoms with Crippen molar-refractivity contribution in [3.05, 3.63) is 59.2 Å². The molecule has 3 aromatic rings. The summed E-state index contributed by atoms with van der Waals surface area (Å²) in [5.74, 6) is 1.15. The third-order valence-electron chi connectivity index (χ3n) is 8.17. The van der Waals surface area contributed by atoms with Crippen LogP contribution in [0.3, 0.4) is 0 Å². The van der Waals surface area contributed by atoms with Gasteiger partial charge in [-0.2, -0.15) is 5.10 Å². The Kier molecular flexibility index (Phi) is 8.32. The number of allylic oxidation sites excluding steroid dienone is 1. The highest BCUT2D eigenvalue weighted by molar-refractivity contribution is 6.04. The van der Waals surface area contributed by atoms with Crippen molar-refractivity contribution in [3.63, 3.8) is 0 Å². The van der Waals surface area contributed by atoms with Gasteiger partial charge in [-0.3, -0.25) is 4.79 Å². The summed E-state index contributed by atoms with van der Waals surface area (Å²) in [7, 11) is 0. The lowest BCUT2D eigenvalue weighted by atomic mass is 9.86. The maximum atomic E-state index is 13.5. The molecule has 0 atom stereocenters. The van der Waals surface area contributed by atoms with Crippen LogP contribution in [-0.2, 0) is 6.42 Å². The molecule has 0 aromatic carbocycles. The normalized spacial score (nSPS) is 18.8. The SMILES string of the molecule is CC.O=C(c1cnn2ccc(C3=CCc4nc(NC5CCCCC5)ncc43)cc12)C1CCCCCCC1.[HH]. The van der Waals surface area contributed by atoms with Gasteiger partial charge in [0.05, 0.1) is 23.0 Å². The first kappa shape index (κ1) is 25.6. The number of nitrogens with zero attached hydrogens (tertiary/aromatic N) is 4. The molecule has 1 N–H and O–H groups in total. The summed E-state index contributed by atoms with van der Waals surface area (Å²) in [6.07, 6.45) is 23.2. The molecule has 0 aliphatic heterocycles. The third-order valence-corrected chi connectivity index (χ3v) is 8.17. The Morgan fingerprint density at radius 3 is 2.46 bits per heavy atom. The van der Waals surface area contributed by atoms with Gasteiger partial charge in [-0.1, -0.05) is 71.3 Å². The fraction of sp³-hybridized carbons (Fsp3) is 0.548. The number of carbonyl (C=O) groups excluding carboxylic acids is 1. The van der Waals surface area contributed by atoms with Gasteiger partial charge in [0.2, 0.25) is 5.95 Å². The number of carbonyl (C=O) groups is 1. The Bertz CT molecular complexity index is 1250. The summed E-state index contributed by atoms with van der Waals surface area (Å²) < 4.78 is 1.84. The lowest BCUT2D eigenvalue weighted by molar-refractivity contribution is 0.0900. The highest BCUT2D eigenvalue weighted by Gasteiger charge is 2.25. The predicted molar refractivity (Wildman–Crippen MR) is 152 cm³/mol. The van der Waals surface area contributed by atoms with Crippen molar-refractivity contribution in [2.45, 2.75) is 103 Å². The van der Waals surface area contributed by atoms with Gasteiger partial charge < -0.3 is 5.32 Å². The molecule has 3 heterocycles. The van der Waals surface area contributed by atoms with Gasteiger partial charge in [-0.25, -0.2) is 14.5 Å². The second-order valence-corrected chi connectivity index (χ2v) is 10.6. The van der Waals surface area contributed by atoms with Crippen LogP contribution in [0.2, 0.25) is 0 Å². The molecule has 6 nitrogen and oxygen atoms in total. The van der Waals surface area contributed by atoms with Gasteiger partial charge in [-0.15, -0.1) is 0 Å². The smallest absolute Gasteiger partial charge is 0.223 e. The zero-order chi connectivity index (χ0) is 25.6. The standard InChI is InChI=1S/C29H35N5O.C2H6.H2/c35-28(20-9-5-2-1-3-6-10-20)25-19-31-34-16-15-21(17-27(25)34)23-13-14-26-24(23)18-30-29(33-26)32-22-11-7-4-8-12-22;1-2;/h13,15-20,22H,1-12,14H2,(H,30,32,33);1-2H3;1H. The Balaban J connectivity index is 0.00000110. The Labute approximate surface area is 222 Å². The van der Waals surface area contributed by atoms with Crippen LogP contribution in [0.25, 0.3) is 11.1 Å². The van der Waals surface area contributed by atoms with Crippen molar-refractivity contribution in [2.24, 2.45) is 5.92 Å². The molecule has 198 valence electrons. The fourth-order valence-electron chi connectivity index (χ4n) is 6.16. The van der Waals surface area contributed by atoms with Gasteiger partial charge in [-0.05, 0) is 49.0 Å². The van der Waals surface area contributed by atoms with Gasteiger partial charge >= 0.3 is 0 Å². The molecule has 2 saturated carbocycles. The third kappa shape index (κ3) is 5.63. The highest BCUT2D eigenvalue weighted by Crippen LogP contribution is 2.34. The summed E-state index contributed by atoms with van der Waals surface area (Å²) in [6, 6.07) is 4.70. The zero-order valence-electron chi connectivity index (χ0n) is 22.5. The van der Waals surface area contributed by atoms with E-state index < -0.39 is 0 Å². The molecule has 0 saturated heterocycles. The number of hydrogen-bond acceptors (Lipinski definition) is 5. The van der Waals surface area contributed by atoms with E-state index in [0.717, 1.165) is 71.5 Å². The number of ketones is 1. The largest absolute Gasteiger partial charge is 0.351 e. The number of rotatable bonds is 5. The Morgan fingerprint density at radius 2 is 1.68 bits per heavy atom. The second-order valence-electron chi connectivity index (χ2n) is 10.6. The van der Waals surface area contributed by atoms with E-state index in [2.05, 4.69) is 33.6 Å². The number of Topliss-reactive ketones (excluding diaryl/α,β-unsaturated/α-hetero) is 1. The van der Waals surface area contributed by atoms with Crippen LogP contribution >= 0.6 is 0 Å². The fourth-order valence-corrected chi connectivity index (χ4v) is 6.16. The van der Waals surface area contributed by atoms with Crippen LogP contribution in [-0.4, -0.2) is 31.4 Å². The topological polar surface area (TPSA) is 72.2 Å². The number of pyridine rings is 1.